The molecule has 2 aromatic heterocycles. The summed E-state index contributed by atoms with van der Waals surface area (Å²) in [6.45, 7) is 5.91. The molecule has 0 bridgehead atoms. The van der Waals surface area contributed by atoms with E-state index in [-0.39, 0.29) is 0 Å². The number of nitrogens with two attached hydrogens (primary N) is 1. The van der Waals surface area contributed by atoms with Crippen LogP contribution in [0.25, 0.3) is 0 Å². The third kappa shape index (κ3) is 3.21. The molecular weight excluding hydrogens is 264 g/mol. The molecule has 0 radical (unpaired) electrons. The Balaban J connectivity index is 1.72. The molecule has 0 saturated carbocycles. The van der Waals surface area contributed by atoms with Gasteiger partial charge in [0.15, 0.2) is 0 Å². The van der Waals surface area contributed by atoms with Crippen molar-refractivity contribution in [1.82, 2.24) is 15.0 Å². The maximum absolute atomic E-state index is 5.72. The van der Waals surface area contributed by atoms with Crippen LogP contribution in [0.2, 0.25) is 0 Å². The van der Waals surface area contributed by atoms with E-state index in [0.29, 0.717) is 5.82 Å². The highest BCUT2D eigenvalue weighted by atomic mass is 15.3. The maximum atomic E-state index is 5.72. The summed E-state index contributed by atoms with van der Waals surface area (Å²) in [5.41, 5.74) is 8.01. The minimum atomic E-state index is 0.471. The molecule has 1 fully saturated rings. The zero-order valence-electron chi connectivity index (χ0n) is 12.2. The molecule has 3 rings (SSSR count). The van der Waals surface area contributed by atoms with Gasteiger partial charge in [0.25, 0.3) is 0 Å². The molecule has 0 atom stereocenters. The molecule has 1 aliphatic rings. The Morgan fingerprint density at radius 1 is 1.10 bits per heavy atom. The topological polar surface area (TPSA) is 71.2 Å². The number of nitrogen functional groups attached to an aromatic ring is 1. The Labute approximate surface area is 124 Å². The van der Waals surface area contributed by atoms with Crippen LogP contribution in [0.15, 0.2) is 30.7 Å². The summed E-state index contributed by atoms with van der Waals surface area (Å²) in [7, 11) is 0. The van der Waals surface area contributed by atoms with Gasteiger partial charge in [0, 0.05) is 43.8 Å². The summed E-state index contributed by atoms with van der Waals surface area (Å²) in [5, 5.41) is 0. The fourth-order valence-corrected chi connectivity index (χ4v) is 2.65. The molecule has 0 spiro atoms. The first-order valence-corrected chi connectivity index (χ1v) is 7.22. The Morgan fingerprint density at radius 3 is 2.71 bits per heavy atom. The van der Waals surface area contributed by atoms with E-state index in [9.17, 15) is 0 Å². The maximum Gasteiger partial charge on any atom is 0.149 e. The fourth-order valence-electron chi connectivity index (χ4n) is 2.65. The van der Waals surface area contributed by atoms with Gasteiger partial charge in [-0.2, -0.15) is 0 Å². The second-order valence-electron chi connectivity index (χ2n) is 5.29. The number of rotatable bonds is 2. The van der Waals surface area contributed by atoms with Gasteiger partial charge in [0.05, 0.1) is 12.4 Å². The average molecular weight is 284 g/mol. The molecule has 2 aromatic rings. The number of aryl methyl sites for hydroxylation is 1. The van der Waals surface area contributed by atoms with Crippen LogP contribution in [-0.2, 0) is 0 Å². The standard InChI is InChI=1S/C15H20N6/c1-12-9-13(3-4-18-12)20-5-2-6-21(8-7-20)15-11-17-10-14(16)19-15/h3-4,9-11H,2,5-8H2,1H3,(H2,16,19). The van der Waals surface area contributed by atoms with Gasteiger partial charge in [-0.3, -0.25) is 9.97 Å². The second kappa shape index (κ2) is 5.95. The number of hydrogen-bond donors (Lipinski definition) is 1. The van der Waals surface area contributed by atoms with Crippen LogP contribution in [0.1, 0.15) is 12.1 Å². The highest BCUT2D eigenvalue weighted by Gasteiger charge is 2.16. The molecule has 110 valence electrons. The molecule has 1 aliphatic heterocycles. The summed E-state index contributed by atoms with van der Waals surface area (Å²) in [5.74, 6) is 1.33. The molecule has 0 aliphatic carbocycles. The molecule has 6 nitrogen and oxygen atoms in total. The van der Waals surface area contributed by atoms with Crippen molar-refractivity contribution in [2.75, 3.05) is 41.7 Å². The van der Waals surface area contributed by atoms with Crippen molar-refractivity contribution >= 4 is 17.3 Å². The van der Waals surface area contributed by atoms with Crippen LogP contribution in [-0.4, -0.2) is 41.1 Å². The summed E-state index contributed by atoms with van der Waals surface area (Å²) in [6, 6.07) is 4.21. The third-order valence-corrected chi connectivity index (χ3v) is 3.71. The lowest BCUT2D eigenvalue weighted by Gasteiger charge is -2.24. The molecule has 2 N–H and O–H groups in total. The molecule has 0 amide bonds. The summed E-state index contributed by atoms with van der Waals surface area (Å²) < 4.78 is 0. The first kappa shape index (κ1) is 13.6. The largest absolute Gasteiger partial charge is 0.382 e. The zero-order chi connectivity index (χ0) is 14.7. The summed E-state index contributed by atoms with van der Waals surface area (Å²) in [4.78, 5) is 17.4. The highest BCUT2D eigenvalue weighted by molar-refractivity contribution is 5.48. The van der Waals surface area contributed by atoms with E-state index in [1.54, 1.807) is 12.4 Å². The minimum absolute atomic E-state index is 0.471. The SMILES string of the molecule is Cc1cc(N2CCCN(c3cncc(N)n3)CC2)ccn1. The van der Waals surface area contributed by atoms with Gasteiger partial charge in [-0.25, -0.2) is 4.98 Å². The van der Waals surface area contributed by atoms with Gasteiger partial charge in [0.2, 0.25) is 0 Å². The smallest absolute Gasteiger partial charge is 0.149 e. The lowest BCUT2D eigenvalue weighted by Crippen LogP contribution is -2.31. The van der Waals surface area contributed by atoms with Crippen molar-refractivity contribution < 1.29 is 0 Å². The molecule has 3 heterocycles. The number of hydrogen-bond acceptors (Lipinski definition) is 6. The first-order valence-electron chi connectivity index (χ1n) is 7.22. The Morgan fingerprint density at radius 2 is 1.90 bits per heavy atom. The number of nitrogens with zero attached hydrogens (tertiary/aromatic N) is 5. The zero-order valence-corrected chi connectivity index (χ0v) is 12.2. The number of anilines is 3. The van der Waals surface area contributed by atoms with E-state index in [4.69, 9.17) is 5.73 Å². The molecule has 6 heteroatoms. The van der Waals surface area contributed by atoms with E-state index in [0.717, 1.165) is 44.1 Å². The van der Waals surface area contributed by atoms with Crippen LogP contribution in [0.4, 0.5) is 17.3 Å². The van der Waals surface area contributed by atoms with Gasteiger partial charge >= 0.3 is 0 Å². The predicted molar refractivity (Wildman–Crippen MR) is 84.5 cm³/mol. The molecule has 21 heavy (non-hydrogen) atoms. The van der Waals surface area contributed by atoms with Crippen LogP contribution in [0.5, 0.6) is 0 Å². The lowest BCUT2D eigenvalue weighted by molar-refractivity contribution is 0.795. The van der Waals surface area contributed by atoms with Crippen LogP contribution in [0, 0.1) is 6.92 Å². The molecule has 0 unspecified atom stereocenters. The van der Waals surface area contributed by atoms with E-state index < -0.39 is 0 Å². The van der Waals surface area contributed by atoms with Crippen molar-refractivity contribution in [2.24, 2.45) is 0 Å². The third-order valence-electron chi connectivity index (χ3n) is 3.71. The Bertz CT molecular complexity index is 561. The second-order valence-corrected chi connectivity index (χ2v) is 5.29. The van der Waals surface area contributed by atoms with Gasteiger partial charge in [-0.15, -0.1) is 0 Å². The van der Waals surface area contributed by atoms with Crippen molar-refractivity contribution in [3.63, 3.8) is 0 Å². The van der Waals surface area contributed by atoms with Crippen molar-refractivity contribution in [2.45, 2.75) is 13.3 Å². The Hall–Kier alpha value is -2.37. The van der Waals surface area contributed by atoms with Crippen molar-refractivity contribution in [3.05, 3.63) is 36.4 Å². The first-order chi connectivity index (χ1) is 10.2. The van der Waals surface area contributed by atoms with Gasteiger partial charge in [-0.1, -0.05) is 0 Å². The van der Waals surface area contributed by atoms with Gasteiger partial charge < -0.3 is 15.5 Å². The summed E-state index contributed by atoms with van der Waals surface area (Å²) in [6.07, 6.45) is 6.31. The normalized spacial score (nSPS) is 15.9. The van der Waals surface area contributed by atoms with Crippen LogP contribution < -0.4 is 15.5 Å². The van der Waals surface area contributed by atoms with Crippen molar-refractivity contribution in [3.8, 4) is 0 Å². The van der Waals surface area contributed by atoms with Gasteiger partial charge in [-0.05, 0) is 25.5 Å². The minimum Gasteiger partial charge on any atom is -0.382 e. The van der Waals surface area contributed by atoms with E-state index >= 15 is 0 Å². The average Bonchev–Trinajstić information content (AvgIpc) is 2.73. The van der Waals surface area contributed by atoms with E-state index in [2.05, 4.69) is 36.9 Å². The fraction of sp³-hybridized carbons (Fsp3) is 0.400. The monoisotopic (exact) mass is 284 g/mol. The van der Waals surface area contributed by atoms with E-state index in [1.165, 1.54) is 5.69 Å². The Kier molecular flexibility index (Phi) is 3.85. The molecule has 0 aromatic carbocycles. The quantitative estimate of drug-likeness (QED) is 0.900. The molecular formula is C15H20N6. The number of pyridine rings is 1. The van der Waals surface area contributed by atoms with Crippen LogP contribution in [0.3, 0.4) is 0 Å². The number of aromatic nitrogens is 3. The van der Waals surface area contributed by atoms with E-state index in [1.807, 2.05) is 13.1 Å². The van der Waals surface area contributed by atoms with Crippen molar-refractivity contribution in [1.29, 1.82) is 0 Å². The predicted octanol–water partition coefficient (Wildman–Crippen LogP) is 1.48. The highest BCUT2D eigenvalue weighted by Crippen LogP contribution is 2.19. The lowest BCUT2D eigenvalue weighted by atomic mass is 10.3. The van der Waals surface area contributed by atoms with Gasteiger partial charge in [0.1, 0.15) is 11.6 Å². The van der Waals surface area contributed by atoms with Crippen LogP contribution >= 0.6 is 0 Å². The summed E-state index contributed by atoms with van der Waals surface area (Å²) >= 11 is 0. The molecule has 1 saturated heterocycles.